The highest BCUT2D eigenvalue weighted by molar-refractivity contribution is 5.94. The van der Waals surface area contributed by atoms with Crippen LogP contribution in [0, 0.1) is 18.7 Å². The number of carbonyl (C=O) groups excluding carboxylic acids is 1. The van der Waals surface area contributed by atoms with E-state index in [2.05, 4.69) is 0 Å². The van der Waals surface area contributed by atoms with Crippen molar-refractivity contribution in [1.29, 1.82) is 0 Å². The zero-order valence-electron chi connectivity index (χ0n) is 11.1. The third-order valence-electron chi connectivity index (χ3n) is 3.73. The summed E-state index contributed by atoms with van der Waals surface area (Å²) in [6.45, 7) is 5.18. The molecular formula is C15H20FNO. The first kappa shape index (κ1) is 13.1. The van der Waals surface area contributed by atoms with Gasteiger partial charge in [-0.25, -0.2) is 4.39 Å². The first-order valence-corrected chi connectivity index (χ1v) is 6.67. The molecule has 1 amide bonds. The predicted octanol–water partition coefficient (Wildman–Crippen LogP) is 3.40. The van der Waals surface area contributed by atoms with Crippen LogP contribution in [0.25, 0.3) is 0 Å². The van der Waals surface area contributed by atoms with Gasteiger partial charge in [0.25, 0.3) is 5.91 Å². The molecule has 1 aliphatic carbocycles. The minimum absolute atomic E-state index is 0.179. The minimum Gasteiger partial charge on any atom is -0.339 e. The van der Waals surface area contributed by atoms with Crippen molar-refractivity contribution in [3.05, 3.63) is 35.1 Å². The minimum atomic E-state index is -0.410. The zero-order chi connectivity index (χ0) is 13.1. The van der Waals surface area contributed by atoms with Crippen molar-refractivity contribution in [2.45, 2.75) is 33.1 Å². The molecule has 3 heteroatoms. The number of nitrogens with zero attached hydrogens (tertiary/aromatic N) is 1. The van der Waals surface area contributed by atoms with Crippen LogP contribution in [0.2, 0.25) is 0 Å². The highest BCUT2D eigenvalue weighted by atomic mass is 19.1. The maximum atomic E-state index is 13.8. The van der Waals surface area contributed by atoms with E-state index < -0.39 is 5.82 Å². The van der Waals surface area contributed by atoms with Crippen LogP contribution in [-0.4, -0.2) is 23.9 Å². The van der Waals surface area contributed by atoms with E-state index in [0.29, 0.717) is 12.5 Å². The molecule has 2 nitrogen and oxygen atoms in total. The first-order chi connectivity index (χ1) is 8.61. The summed E-state index contributed by atoms with van der Waals surface area (Å²) in [4.78, 5) is 14.0. The second-order valence-electron chi connectivity index (χ2n) is 5.12. The number of hydrogen-bond acceptors (Lipinski definition) is 1. The Hall–Kier alpha value is -1.38. The molecule has 0 unspecified atom stereocenters. The van der Waals surface area contributed by atoms with Crippen LogP contribution in [0.3, 0.4) is 0 Å². The van der Waals surface area contributed by atoms with Crippen molar-refractivity contribution in [2.24, 2.45) is 5.92 Å². The largest absolute Gasteiger partial charge is 0.339 e. The van der Waals surface area contributed by atoms with Crippen molar-refractivity contribution < 1.29 is 9.18 Å². The molecule has 0 radical (unpaired) electrons. The summed E-state index contributed by atoms with van der Waals surface area (Å²) in [5, 5.41) is 0. The summed E-state index contributed by atoms with van der Waals surface area (Å²) in [6.07, 6.45) is 3.65. The maximum Gasteiger partial charge on any atom is 0.256 e. The Morgan fingerprint density at radius 3 is 2.67 bits per heavy atom. The Morgan fingerprint density at radius 2 is 2.17 bits per heavy atom. The summed E-state index contributed by atoms with van der Waals surface area (Å²) >= 11 is 0. The average molecular weight is 249 g/mol. The molecule has 0 N–H and O–H groups in total. The first-order valence-electron chi connectivity index (χ1n) is 6.67. The van der Waals surface area contributed by atoms with Gasteiger partial charge in [-0.1, -0.05) is 12.5 Å². The number of halogens is 1. The lowest BCUT2D eigenvalue weighted by atomic mass is 9.85. The molecule has 0 heterocycles. The fourth-order valence-corrected chi connectivity index (χ4v) is 2.31. The van der Waals surface area contributed by atoms with Gasteiger partial charge in [-0.05, 0) is 50.3 Å². The Morgan fingerprint density at radius 1 is 1.44 bits per heavy atom. The predicted molar refractivity (Wildman–Crippen MR) is 70.1 cm³/mol. The van der Waals surface area contributed by atoms with E-state index in [-0.39, 0.29) is 11.5 Å². The Labute approximate surface area is 108 Å². The third kappa shape index (κ3) is 2.71. The van der Waals surface area contributed by atoms with Crippen LogP contribution in [0.5, 0.6) is 0 Å². The summed E-state index contributed by atoms with van der Waals surface area (Å²) in [5.41, 5.74) is 1.04. The lowest BCUT2D eigenvalue weighted by Crippen LogP contribution is -2.37. The van der Waals surface area contributed by atoms with Crippen LogP contribution < -0.4 is 0 Å². The SMILES string of the molecule is CCN(CC1CCC1)C(=O)c1ccc(C)cc1F. The normalized spacial score (nSPS) is 15.3. The molecule has 1 saturated carbocycles. The Bertz CT molecular complexity index is 440. The molecule has 0 atom stereocenters. The van der Waals surface area contributed by atoms with Crippen molar-refractivity contribution >= 4 is 5.91 Å². The average Bonchev–Trinajstić information content (AvgIpc) is 2.27. The topological polar surface area (TPSA) is 20.3 Å². The van der Waals surface area contributed by atoms with Gasteiger partial charge in [-0.15, -0.1) is 0 Å². The van der Waals surface area contributed by atoms with Crippen LogP contribution >= 0.6 is 0 Å². The number of aryl methyl sites for hydroxylation is 1. The standard InChI is InChI=1S/C15H20FNO/c1-3-17(10-12-5-4-6-12)15(18)13-8-7-11(2)9-14(13)16/h7-9,12H,3-6,10H2,1-2H3. The number of carbonyl (C=O) groups is 1. The third-order valence-corrected chi connectivity index (χ3v) is 3.73. The van der Waals surface area contributed by atoms with Crippen LogP contribution in [-0.2, 0) is 0 Å². The van der Waals surface area contributed by atoms with Gasteiger partial charge >= 0.3 is 0 Å². The van der Waals surface area contributed by atoms with Crippen molar-refractivity contribution in [1.82, 2.24) is 4.90 Å². The van der Waals surface area contributed by atoms with E-state index in [0.717, 1.165) is 12.1 Å². The Balaban J connectivity index is 2.11. The van der Waals surface area contributed by atoms with E-state index in [4.69, 9.17) is 0 Å². The van der Waals surface area contributed by atoms with E-state index >= 15 is 0 Å². The number of amides is 1. The monoisotopic (exact) mass is 249 g/mol. The number of rotatable bonds is 4. The van der Waals surface area contributed by atoms with E-state index in [9.17, 15) is 9.18 Å². The van der Waals surface area contributed by atoms with Crippen molar-refractivity contribution in [2.75, 3.05) is 13.1 Å². The fraction of sp³-hybridized carbons (Fsp3) is 0.533. The van der Waals surface area contributed by atoms with E-state index in [1.165, 1.54) is 25.3 Å². The van der Waals surface area contributed by atoms with Crippen molar-refractivity contribution in [3.8, 4) is 0 Å². The summed E-state index contributed by atoms with van der Waals surface area (Å²) in [5.74, 6) is 0.0244. The van der Waals surface area contributed by atoms with Gasteiger partial charge in [-0.3, -0.25) is 4.79 Å². The smallest absolute Gasteiger partial charge is 0.256 e. The molecule has 0 saturated heterocycles. The molecule has 1 aromatic rings. The molecule has 0 bridgehead atoms. The molecule has 1 aromatic carbocycles. The lowest BCUT2D eigenvalue weighted by Gasteiger charge is -2.31. The molecule has 0 aliphatic heterocycles. The molecule has 1 fully saturated rings. The van der Waals surface area contributed by atoms with Crippen molar-refractivity contribution in [3.63, 3.8) is 0 Å². The summed E-state index contributed by atoms with van der Waals surface area (Å²) in [7, 11) is 0. The van der Waals surface area contributed by atoms with Crippen LogP contribution in [0.15, 0.2) is 18.2 Å². The number of benzene rings is 1. The molecule has 0 aromatic heterocycles. The molecule has 18 heavy (non-hydrogen) atoms. The second kappa shape index (κ2) is 5.51. The molecule has 98 valence electrons. The van der Waals surface area contributed by atoms with Gasteiger partial charge in [0.05, 0.1) is 5.56 Å². The summed E-state index contributed by atoms with van der Waals surface area (Å²) < 4.78 is 13.8. The van der Waals surface area contributed by atoms with Gasteiger partial charge < -0.3 is 4.90 Å². The fourth-order valence-electron chi connectivity index (χ4n) is 2.31. The van der Waals surface area contributed by atoms with E-state index in [1.54, 1.807) is 17.0 Å². The molecular weight excluding hydrogens is 229 g/mol. The van der Waals surface area contributed by atoms with Gasteiger partial charge in [0.1, 0.15) is 5.82 Å². The number of hydrogen-bond donors (Lipinski definition) is 0. The highest BCUT2D eigenvalue weighted by Crippen LogP contribution is 2.27. The summed E-state index contributed by atoms with van der Waals surface area (Å²) in [6, 6.07) is 4.80. The zero-order valence-corrected chi connectivity index (χ0v) is 11.1. The lowest BCUT2D eigenvalue weighted by molar-refractivity contribution is 0.0702. The van der Waals surface area contributed by atoms with Crippen LogP contribution in [0.4, 0.5) is 4.39 Å². The van der Waals surface area contributed by atoms with Gasteiger partial charge in [0.15, 0.2) is 0 Å². The van der Waals surface area contributed by atoms with Gasteiger partial charge in [-0.2, -0.15) is 0 Å². The highest BCUT2D eigenvalue weighted by Gasteiger charge is 2.24. The van der Waals surface area contributed by atoms with Gasteiger partial charge in [0, 0.05) is 13.1 Å². The quantitative estimate of drug-likeness (QED) is 0.801. The van der Waals surface area contributed by atoms with E-state index in [1.807, 2.05) is 13.8 Å². The molecule has 0 spiro atoms. The van der Waals surface area contributed by atoms with Gasteiger partial charge in [0.2, 0.25) is 0 Å². The molecule has 1 aliphatic rings. The maximum absolute atomic E-state index is 13.8. The second-order valence-corrected chi connectivity index (χ2v) is 5.12. The van der Waals surface area contributed by atoms with Crippen LogP contribution in [0.1, 0.15) is 42.1 Å². The Kier molecular flexibility index (Phi) is 4.00. The molecule has 2 rings (SSSR count).